The normalized spacial score (nSPS) is 27.1. The average molecular weight is 413 g/mol. The maximum Gasteiger partial charge on any atom is 0.203 e. The first-order valence-corrected chi connectivity index (χ1v) is 10.4. The van der Waals surface area contributed by atoms with Gasteiger partial charge in [0.2, 0.25) is 5.72 Å². The maximum atomic E-state index is 6.73. The molecule has 1 spiro atoms. The standard InChI is InChI=1S/C23H25ClN2O3/c1-22(2)14-23(11-12-28-22)26-19(16-8-6-10-20(27-3)21(16)29-23)13-18(25-26)15-7-4-5-9-17(15)24/h4-10,19H,11-14H2,1-3H3. The van der Waals surface area contributed by atoms with E-state index in [1.807, 2.05) is 36.4 Å². The van der Waals surface area contributed by atoms with Crippen molar-refractivity contribution in [2.75, 3.05) is 13.7 Å². The number of nitrogens with zero attached hydrogens (tertiary/aromatic N) is 2. The van der Waals surface area contributed by atoms with Crippen molar-refractivity contribution < 1.29 is 14.2 Å². The molecular weight excluding hydrogens is 388 g/mol. The minimum Gasteiger partial charge on any atom is -0.493 e. The van der Waals surface area contributed by atoms with E-state index in [1.165, 1.54) is 0 Å². The summed E-state index contributed by atoms with van der Waals surface area (Å²) in [5.41, 5.74) is 2.20. The van der Waals surface area contributed by atoms with Crippen LogP contribution in [-0.4, -0.2) is 35.8 Å². The molecule has 0 radical (unpaired) electrons. The number of halogens is 1. The lowest BCUT2D eigenvalue weighted by molar-refractivity contribution is -0.212. The summed E-state index contributed by atoms with van der Waals surface area (Å²) >= 11 is 6.50. The minimum absolute atomic E-state index is 0.0778. The quantitative estimate of drug-likeness (QED) is 0.681. The Labute approximate surface area is 176 Å². The fraction of sp³-hybridized carbons (Fsp3) is 0.435. The molecule has 0 saturated carbocycles. The molecule has 0 N–H and O–H groups in total. The summed E-state index contributed by atoms with van der Waals surface area (Å²) in [5.74, 6) is 1.58. The molecule has 0 aromatic heterocycles. The van der Waals surface area contributed by atoms with Gasteiger partial charge in [0.15, 0.2) is 11.5 Å². The first-order valence-electron chi connectivity index (χ1n) is 10.0. The summed E-state index contributed by atoms with van der Waals surface area (Å²) in [6.07, 6.45) is 2.23. The van der Waals surface area contributed by atoms with Gasteiger partial charge >= 0.3 is 0 Å². The van der Waals surface area contributed by atoms with E-state index < -0.39 is 5.72 Å². The second-order valence-electron chi connectivity index (χ2n) is 8.55. The molecule has 3 heterocycles. The molecule has 5 rings (SSSR count). The molecule has 0 bridgehead atoms. The average Bonchev–Trinajstić information content (AvgIpc) is 3.14. The fourth-order valence-corrected chi connectivity index (χ4v) is 5.11. The Morgan fingerprint density at radius 2 is 2.00 bits per heavy atom. The van der Waals surface area contributed by atoms with E-state index in [2.05, 4.69) is 24.9 Å². The summed E-state index contributed by atoms with van der Waals surface area (Å²) < 4.78 is 18.4. The number of benzene rings is 2. The SMILES string of the molecule is COc1cccc2c1OC1(CCOC(C)(C)C1)N1N=C(c3ccccc3Cl)CC21. The highest BCUT2D eigenvalue weighted by Gasteiger charge is 2.55. The van der Waals surface area contributed by atoms with E-state index in [0.717, 1.165) is 46.2 Å². The Morgan fingerprint density at radius 3 is 2.76 bits per heavy atom. The number of hydrazone groups is 1. The zero-order valence-electron chi connectivity index (χ0n) is 16.9. The Kier molecular flexibility index (Phi) is 4.30. The van der Waals surface area contributed by atoms with Gasteiger partial charge in [-0.05, 0) is 26.0 Å². The van der Waals surface area contributed by atoms with Crippen LogP contribution in [0.4, 0.5) is 0 Å². The summed E-state index contributed by atoms with van der Waals surface area (Å²) in [7, 11) is 1.69. The third-order valence-electron chi connectivity index (χ3n) is 6.08. The molecule has 1 saturated heterocycles. The molecule has 5 nitrogen and oxygen atoms in total. The van der Waals surface area contributed by atoms with Gasteiger partial charge in [0.05, 0.1) is 31.1 Å². The van der Waals surface area contributed by atoms with Gasteiger partial charge in [0.1, 0.15) is 0 Å². The van der Waals surface area contributed by atoms with Gasteiger partial charge in [-0.1, -0.05) is 41.9 Å². The molecule has 29 heavy (non-hydrogen) atoms. The number of methoxy groups -OCH3 is 1. The van der Waals surface area contributed by atoms with E-state index in [-0.39, 0.29) is 11.6 Å². The highest BCUT2D eigenvalue weighted by Crippen LogP contribution is 2.54. The van der Waals surface area contributed by atoms with Crippen LogP contribution in [0.15, 0.2) is 47.6 Å². The van der Waals surface area contributed by atoms with E-state index in [0.29, 0.717) is 13.0 Å². The summed E-state index contributed by atoms with van der Waals surface area (Å²) in [4.78, 5) is 0. The largest absolute Gasteiger partial charge is 0.493 e. The number of para-hydroxylation sites is 1. The van der Waals surface area contributed by atoms with Gasteiger partial charge < -0.3 is 14.2 Å². The second-order valence-corrected chi connectivity index (χ2v) is 8.96. The Bertz CT molecular complexity index is 990. The van der Waals surface area contributed by atoms with Crippen LogP contribution in [-0.2, 0) is 4.74 Å². The molecule has 152 valence electrons. The van der Waals surface area contributed by atoms with E-state index >= 15 is 0 Å². The lowest BCUT2D eigenvalue weighted by Crippen LogP contribution is -2.60. The molecule has 2 atom stereocenters. The lowest BCUT2D eigenvalue weighted by Gasteiger charge is -2.52. The van der Waals surface area contributed by atoms with Crippen molar-refractivity contribution in [1.29, 1.82) is 0 Å². The number of hydrogen-bond acceptors (Lipinski definition) is 5. The molecule has 0 aliphatic carbocycles. The van der Waals surface area contributed by atoms with Gasteiger partial charge in [0, 0.05) is 35.4 Å². The lowest BCUT2D eigenvalue weighted by atomic mass is 9.86. The molecular formula is C23H25ClN2O3. The van der Waals surface area contributed by atoms with E-state index in [9.17, 15) is 0 Å². The van der Waals surface area contributed by atoms with Crippen LogP contribution in [0.25, 0.3) is 0 Å². The fourth-order valence-electron chi connectivity index (χ4n) is 4.86. The Balaban J connectivity index is 1.65. The summed E-state index contributed by atoms with van der Waals surface area (Å²) in [6.45, 7) is 4.84. The highest BCUT2D eigenvalue weighted by molar-refractivity contribution is 6.34. The van der Waals surface area contributed by atoms with Crippen LogP contribution in [0, 0.1) is 0 Å². The van der Waals surface area contributed by atoms with Crippen molar-refractivity contribution in [2.24, 2.45) is 5.10 Å². The zero-order valence-corrected chi connectivity index (χ0v) is 17.7. The summed E-state index contributed by atoms with van der Waals surface area (Å²) in [5, 5.41) is 7.97. The molecule has 2 aromatic carbocycles. The topological polar surface area (TPSA) is 43.3 Å². The predicted molar refractivity (Wildman–Crippen MR) is 113 cm³/mol. The van der Waals surface area contributed by atoms with Gasteiger partial charge in [0.25, 0.3) is 0 Å². The van der Waals surface area contributed by atoms with Crippen LogP contribution in [0.1, 0.15) is 50.3 Å². The molecule has 3 aliphatic rings. The van der Waals surface area contributed by atoms with Crippen LogP contribution >= 0.6 is 11.6 Å². The van der Waals surface area contributed by atoms with Crippen molar-refractivity contribution in [3.05, 3.63) is 58.6 Å². The smallest absolute Gasteiger partial charge is 0.203 e. The molecule has 2 unspecified atom stereocenters. The number of hydrogen-bond donors (Lipinski definition) is 0. The monoisotopic (exact) mass is 412 g/mol. The van der Waals surface area contributed by atoms with Crippen LogP contribution in [0.5, 0.6) is 11.5 Å². The second kappa shape index (κ2) is 6.64. The first kappa shape index (κ1) is 18.8. The highest BCUT2D eigenvalue weighted by atomic mass is 35.5. The third kappa shape index (κ3) is 2.99. The molecule has 1 fully saturated rings. The van der Waals surface area contributed by atoms with E-state index in [1.54, 1.807) is 7.11 Å². The molecule has 2 aromatic rings. The predicted octanol–water partition coefficient (Wildman–Crippen LogP) is 5.18. The Morgan fingerprint density at radius 1 is 1.17 bits per heavy atom. The third-order valence-corrected chi connectivity index (χ3v) is 6.41. The zero-order chi connectivity index (χ0) is 20.2. The van der Waals surface area contributed by atoms with Crippen molar-refractivity contribution in [3.8, 4) is 11.5 Å². The first-order chi connectivity index (χ1) is 13.9. The van der Waals surface area contributed by atoms with Gasteiger partial charge in [-0.25, -0.2) is 5.01 Å². The Hall–Kier alpha value is -2.24. The van der Waals surface area contributed by atoms with Crippen LogP contribution < -0.4 is 9.47 Å². The van der Waals surface area contributed by atoms with Crippen molar-refractivity contribution in [1.82, 2.24) is 5.01 Å². The molecule has 3 aliphatic heterocycles. The van der Waals surface area contributed by atoms with Crippen molar-refractivity contribution in [2.45, 2.75) is 50.5 Å². The van der Waals surface area contributed by atoms with Crippen LogP contribution in [0.3, 0.4) is 0 Å². The molecule has 0 amide bonds. The van der Waals surface area contributed by atoms with Gasteiger partial charge in [-0.3, -0.25) is 0 Å². The van der Waals surface area contributed by atoms with Gasteiger partial charge in [-0.15, -0.1) is 0 Å². The van der Waals surface area contributed by atoms with Crippen molar-refractivity contribution in [3.63, 3.8) is 0 Å². The van der Waals surface area contributed by atoms with E-state index in [4.69, 9.17) is 30.9 Å². The van der Waals surface area contributed by atoms with Gasteiger partial charge in [-0.2, -0.15) is 5.10 Å². The number of ether oxygens (including phenoxy) is 3. The minimum atomic E-state index is -0.572. The number of rotatable bonds is 2. The molecule has 6 heteroatoms. The summed E-state index contributed by atoms with van der Waals surface area (Å²) in [6, 6.07) is 14.1. The maximum absolute atomic E-state index is 6.73. The number of fused-ring (bicyclic) bond motifs is 4. The van der Waals surface area contributed by atoms with Crippen molar-refractivity contribution >= 4 is 17.3 Å². The van der Waals surface area contributed by atoms with Crippen LogP contribution in [0.2, 0.25) is 5.02 Å².